The molecule has 2 rings (SSSR count). The van der Waals surface area contributed by atoms with Crippen LogP contribution in [0, 0.1) is 15.5 Å². The summed E-state index contributed by atoms with van der Waals surface area (Å²) < 4.78 is 0.362. The molecule has 22 heavy (non-hydrogen) atoms. The predicted molar refractivity (Wildman–Crippen MR) is 89.1 cm³/mol. The third-order valence-corrected chi connectivity index (χ3v) is 4.52. The van der Waals surface area contributed by atoms with Crippen molar-refractivity contribution in [2.75, 3.05) is 26.2 Å². The standard InChI is InChI=1S/C15H22BrN3O3/c1-15(2,3)14(18-6-4-17-5-7-18)11-8-10(19(21)22)9-12(16)13(11)20/h8-9,14,17,20H,4-7H2,1-3H3/t14-/m1/s1. The van der Waals surface area contributed by atoms with Crippen LogP contribution >= 0.6 is 15.9 Å². The van der Waals surface area contributed by atoms with Crippen LogP contribution in [0.15, 0.2) is 16.6 Å². The first-order valence-corrected chi connectivity index (χ1v) is 8.12. The summed E-state index contributed by atoms with van der Waals surface area (Å²) in [6.45, 7) is 9.72. The average Bonchev–Trinajstić information content (AvgIpc) is 2.43. The molecule has 1 aliphatic heterocycles. The fraction of sp³-hybridized carbons (Fsp3) is 0.600. The molecule has 1 atom stereocenters. The molecule has 7 heteroatoms. The van der Waals surface area contributed by atoms with Crippen molar-refractivity contribution in [3.05, 3.63) is 32.3 Å². The molecule has 1 aromatic rings. The second kappa shape index (κ2) is 6.52. The van der Waals surface area contributed by atoms with E-state index in [0.29, 0.717) is 10.0 Å². The first-order valence-electron chi connectivity index (χ1n) is 7.33. The van der Waals surface area contributed by atoms with Gasteiger partial charge < -0.3 is 10.4 Å². The van der Waals surface area contributed by atoms with E-state index in [4.69, 9.17) is 0 Å². The van der Waals surface area contributed by atoms with Crippen LogP contribution in [0.5, 0.6) is 5.75 Å². The van der Waals surface area contributed by atoms with Gasteiger partial charge in [-0.15, -0.1) is 0 Å². The van der Waals surface area contributed by atoms with Gasteiger partial charge in [-0.3, -0.25) is 15.0 Å². The molecule has 2 N–H and O–H groups in total. The van der Waals surface area contributed by atoms with Gasteiger partial charge in [0.25, 0.3) is 5.69 Å². The van der Waals surface area contributed by atoms with Gasteiger partial charge in [-0.25, -0.2) is 0 Å². The van der Waals surface area contributed by atoms with Crippen LogP contribution in [0.4, 0.5) is 5.69 Å². The average molecular weight is 372 g/mol. The van der Waals surface area contributed by atoms with Crippen LogP contribution < -0.4 is 5.32 Å². The number of nitrogens with one attached hydrogen (secondary N) is 1. The summed E-state index contributed by atoms with van der Waals surface area (Å²) in [6, 6.07) is 2.75. The van der Waals surface area contributed by atoms with Crippen molar-refractivity contribution in [1.82, 2.24) is 10.2 Å². The molecule has 1 fully saturated rings. The van der Waals surface area contributed by atoms with E-state index in [1.54, 1.807) is 0 Å². The maximum atomic E-state index is 11.1. The van der Waals surface area contributed by atoms with E-state index >= 15 is 0 Å². The van der Waals surface area contributed by atoms with Crippen LogP contribution in [0.25, 0.3) is 0 Å². The summed E-state index contributed by atoms with van der Waals surface area (Å²) >= 11 is 3.24. The SMILES string of the molecule is CC(C)(C)[C@@H](c1cc([N+](=O)[O-])cc(Br)c1O)N1CCNCC1. The minimum Gasteiger partial charge on any atom is -0.506 e. The van der Waals surface area contributed by atoms with Gasteiger partial charge in [-0.05, 0) is 21.3 Å². The van der Waals surface area contributed by atoms with Gasteiger partial charge in [-0.1, -0.05) is 20.8 Å². The molecule has 0 unspecified atom stereocenters. The number of aromatic hydroxyl groups is 1. The number of benzene rings is 1. The third-order valence-electron chi connectivity index (χ3n) is 3.92. The summed E-state index contributed by atoms with van der Waals surface area (Å²) in [7, 11) is 0. The number of phenolic OH excluding ortho intramolecular Hbond substituents is 1. The quantitative estimate of drug-likeness (QED) is 0.630. The minimum atomic E-state index is -0.425. The first-order chi connectivity index (χ1) is 10.2. The van der Waals surface area contributed by atoms with Crippen LogP contribution in [0.1, 0.15) is 32.4 Å². The van der Waals surface area contributed by atoms with Gasteiger partial charge in [0.05, 0.1) is 9.40 Å². The lowest BCUT2D eigenvalue weighted by atomic mass is 9.80. The van der Waals surface area contributed by atoms with Gasteiger partial charge >= 0.3 is 0 Å². The van der Waals surface area contributed by atoms with Crippen LogP contribution in [0.3, 0.4) is 0 Å². The summed E-state index contributed by atoms with van der Waals surface area (Å²) in [5.74, 6) is 0.0871. The number of hydrogen-bond donors (Lipinski definition) is 2. The number of non-ortho nitro benzene ring substituents is 1. The molecular weight excluding hydrogens is 350 g/mol. The molecule has 0 aliphatic carbocycles. The van der Waals surface area contributed by atoms with E-state index in [-0.39, 0.29) is 22.9 Å². The highest BCUT2D eigenvalue weighted by Crippen LogP contribution is 2.45. The zero-order chi connectivity index (χ0) is 16.5. The Labute approximate surface area is 138 Å². The minimum absolute atomic E-state index is 0.0101. The number of hydrogen-bond acceptors (Lipinski definition) is 5. The zero-order valence-corrected chi connectivity index (χ0v) is 14.7. The lowest BCUT2D eigenvalue weighted by Gasteiger charge is -2.42. The number of nitro benzene ring substituents is 1. The molecule has 1 heterocycles. The number of nitrogens with zero attached hydrogens (tertiary/aromatic N) is 2. The highest BCUT2D eigenvalue weighted by molar-refractivity contribution is 9.10. The summed E-state index contributed by atoms with van der Waals surface area (Å²) in [5, 5.41) is 24.9. The molecule has 0 spiro atoms. The van der Waals surface area contributed by atoms with E-state index in [1.165, 1.54) is 12.1 Å². The number of rotatable bonds is 3. The third kappa shape index (κ3) is 3.59. The van der Waals surface area contributed by atoms with Gasteiger partial charge in [0.2, 0.25) is 0 Å². The molecule has 6 nitrogen and oxygen atoms in total. The van der Waals surface area contributed by atoms with E-state index in [9.17, 15) is 15.2 Å². The molecule has 0 radical (unpaired) electrons. The fourth-order valence-electron chi connectivity index (χ4n) is 3.07. The Morgan fingerprint density at radius 2 is 1.95 bits per heavy atom. The van der Waals surface area contributed by atoms with Crippen LogP contribution in [-0.2, 0) is 0 Å². The van der Waals surface area contributed by atoms with E-state index in [1.807, 2.05) is 0 Å². The van der Waals surface area contributed by atoms with Gasteiger partial charge in [-0.2, -0.15) is 0 Å². The van der Waals surface area contributed by atoms with Crippen molar-refractivity contribution >= 4 is 21.6 Å². The van der Waals surface area contributed by atoms with Crippen molar-refractivity contribution in [1.29, 1.82) is 0 Å². The summed E-state index contributed by atoms with van der Waals surface area (Å²) in [4.78, 5) is 13.0. The number of nitro groups is 1. The topological polar surface area (TPSA) is 78.6 Å². The molecule has 1 saturated heterocycles. The normalized spacial score (nSPS) is 18.2. The highest BCUT2D eigenvalue weighted by atomic mass is 79.9. The Morgan fingerprint density at radius 1 is 1.36 bits per heavy atom. The van der Waals surface area contributed by atoms with Crippen molar-refractivity contribution < 1.29 is 10.0 Å². The fourth-order valence-corrected chi connectivity index (χ4v) is 3.53. The molecule has 1 aliphatic rings. The molecule has 122 valence electrons. The van der Waals surface area contributed by atoms with E-state index < -0.39 is 4.92 Å². The number of halogens is 1. The Bertz CT molecular complexity index is 566. The molecular formula is C15H22BrN3O3. The van der Waals surface area contributed by atoms with Crippen molar-refractivity contribution in [2.24, 2.45) is 5.41 Å². The van der Waals surface area contributed by atoms with Gasteiger partial charge in [0.15, 0.2) is 0 Å². The van der Waals surface area contributed by atoms with Crippen molar-refractivity contribution in [2.45, 2.75) is 26.8 Å². The summed E-state index contributed by atoms with van der Waals surface area (Å²) in [6.07, 6.45) is 0. The van der Waals surface area contributed by atoms with Crippen LogP contribution in [0.2, 0.25) is 0 Å². The van der Waals surface area contributed by atoms with Crippen molar-refractivity contribution in [3.8, 4) is 5.75 Å². The van der Waals surface area contributed by atoms with E-state index in [0.717, 1.165) is 26.2 Å². The smallest absolute Gasteiger partial charge is 0.271 e. The summed E-state index contributed by atoms with van der Waals surface area (Å²) in [5.41, 5.74) is 0.434. The largest absolute Gasteiger partial charge is 0.506 e. The van der Waals surface area contributed by atoms with Gasteiger partial charge in [0, 0.05) is 49.9 Å². The van der Waals surface area contributed by atoms with E-state index in [2.05, 4.69) is 46.9 Å². The Hall–Kier alpha value is -1.18. The monoisotopic (exact) mass is 371 g/mol. The Kier molecular flexibility index (Phi) is 5.09. The Balaban J connectivity index is 2.53. The predicted octanol–water partition coefficient (Wildman–Crippen LogP) is 3.06. The lowest BCUT2D eigenvalue weighted by Crippen LogP contribution is -2.48. The lowest BCUT2D eigenvalue weighted by molar-refractivity contribution is -0.385. The number of piperazine rings is 1. The zero-order valence-electron chi connectivity index (χ0n) is 13.1. The van der Waals surface area contributed by atoms with Crippen molar-refractivity contribution in [3.63, 3.8) is 0 Å². The van der Waals surface area contributed by atoms with Gasteiger partial charge in [0.1, 0.15) is 5.75 Å². The molecule has 1 aromatic carbocycles. The highest BCUT2D eigenvalue weighted by Gasteiger charge is 2.35. The molecule has 0 aromatic heterocycles. The first kappa shape index (κ1) is 17.2. The Morgan fingerprint density at radius 3 is 2.45 bits per heavy atom. The maximum Gasteiger partial charge on any atom is 0.271 e. The molecule has 0 saturated carbocycles. The molecule has 0 bridgehead atoms. The van der Waals surface area contributed by atoms with Crippen LogP contribution in [-0.4, -0.2) is 41.1 Å². The maximum absolute atomic E-state index is 11.1. The second-order valence-corrected chi connectivity index (χ2v) is 7.53. The number of phenols is 1. The second-order valence-electron chi connectivity index (χ2n) is 6.68. The molecule has 0 amide bonds.